The maximum absolute atomic E-state index is 12.8. The van der Waals surface area contributed by atoms with E-state index >= 15 is 0 Å². The number of rotatable bonds is 9. The van der Waals surface area contributed by atoms with Crippen LogP contribution in [-0.2, 0) is 16.6 Å². The van der Waals surface area contributed by atoms with E-state index in [2.05, 4.69) is 19.9 Å². The number of aromatic amines is 2. The number of piperazine rings is 1. The molecule has 5 rings (SSSR count). The van der Waals surface area contributed by atoms with Crippen molar-refractivity contribution in [3.63, 3.8) is 0 Å². The van der Waals surface area contributed by atoms with E-state index in [1.807, 2.05) is 42.5 Å². The maximum Gasteiger partial charge on any atom is 0.325 e. The number of imidazole rings is 1. The highest BCUT2D eigenvalue weighted by molar-refractivity contribution is 7.89. The number of benzene rings is 2. The van der Waals surface area contributed by atoms with Crippen molar-refractivity contribution in [1.29, 1.82) is 0 Å². The minimum Gasteiger partial charge on any atom is -0.497 e. The molecule has 13 heteroatoms. The highest BCUT2D eigenvalue weighted by Gasteiger charge is 2.26. The largest absolute Gasteiger partial charge is 0.497 e. The lowest BCUT2D eigenvalue weighted by Gasteiger charge is -2.34. The molecule has 10 nitrogen and oxygen atoms in total. The Balaban J connectivity index is 0.00000200. The van der Waals surface area contributed by atoms with Crippen molar-refractivity contribution in [1.82, 2.24) is 24.2 Å². The van der Waals surface area contributed by atoms with E-state index in [1.165, 1.54) is 5.56 Å². The fraction of sp³-hybridized carbons (Fsp3) is 0.360. The number of nitrogens with one attached hydrogen (secondary N) is 2. The summed E-state index contributed by atoms with van der Waals surface area (Å²) in [5.41, 5.74) is 2.75. The first-order chi connectivity index (χ1) is 17.4. The van der Waals surface area contributed by atoms with Crippen LogP contribution in [0, 0.1) is 0 Å². The van der Waals surface area contributed by atoms with Gasteiger partial charge in [-0.25, -0.2) is 18.2 Å². The van der Waals surface area contributed by atoms with Gasteiger partial charge in [-0.1, -0.05) is 12.1 Å². The number of hydrogen-bond donors (Lipinski definition) is 2. The zero-order valence-corrected chi connectivity index (χ0v) is 23.3. The van der Waals surface area contributed by atoms with Crippen molar-refractivity contribution in [3.05, 3.63) is 64.6 Å². The van der Waals surface area contributed by atoms with Crippen LogP contribution >= 0.6 is 24.8 Å². The van der Waals surface area contributed by atoms with Crippen LogP contribution in [-0.4, -0.2) is 78.2 Å². The zero-order chi connectivity index (χ0) is 25.1. The number of pyridine rings is 1. The highest BCUT2D eigenvalue weighted by atomic mass is 35.5. The third-order valence-corrected chi connectivity index (χ3v) is 8.33. The summed E-state index contributed by atoms with van der Waals surface area (Å²) in [6, 6.07) is 15.2. The van der Waals surface area contributed by atoms with Crippen LogP contribution in [0.1, 0.15) is 12.0 Å². The molecule has 1 fully saturated rings. The minimum absolute atomic E-state index is 0. The first-order valence-corrected chi connectivity index (χ1v) is 13.5. The van der Waals surface area contributed by atoms with Gasteiger partial charge in [0.1, 0.15) is 11.5 Å². The van der Waals surface area contributed by atoms with Gasteiger partial charge in [-0.05, 0) is 48.4 Å². The van der Waals surface area contributed by atoms with E-state index in [-0.39, 0.29) is 36.3 Å². The molecule has 0 unspecified atom stereocenters. The summed E-state index contributed by atoms with van der Waals surface area (Å²) in [6.45, 7) is 3.47. The van der Waals surface area contributed by atoms with Crippen LogP contribution in [0.2, 0.25) is 0 Å². The molecule has 1 aliphatic rings. The molecule has 0 spiro atoms. The SMILES string of the molecule is COc1ccc(CN2CCN(S(=O)(=O)CCCOc3ccc4nc5[nH]c(=O)[nH]c5cc4c3)CC2)cc1.Cl.Cl. The van der Waals surface area contributed by atoms with Gasteiger partial charge < -0.3 is 14.5 Å². The second kappa shape index (κ2) is 12.8. The second-order valence-corrected chi connectivity index (χ2v) is 10.9. The summed E-state index contributed by atoms with van der Waals surface area (Å²) in [5, 5.41) is 0.829. The van der Waals surface area contributed by atoms with Crippen LogP contribution in [0.4, 0.5) is 0 Å². The van der Waals surface area contributed by atoms with Gasteiger partial charge in [0.2, 0.25) is 10.0 Å². The number of halogens is 2. The predicted molar refractivity (Wildman–Crippen MR) is 152 cm³/mol. The number of sulfonamides is 1. The molecule has 1 saturated heterocycles. The lowest BCUT2D eigenvalue weighted by Crippen LogP contribution is -2.48. The molecule has 38 heavy (non-hydrogen) atoms. The Morgan fingerprint density at radius 2 is 1.66 bits per heavy atom. The van der Waals surface area contributed by atoms with Crippen molar-refractivity contribution in [2.45, 2.75) is 13.0 Å². The van der Waals surface area contributed by atoms with Crippen LogP contribution in [0.3, 0.4) is 0 Å². The quantitative estimate of drug-likeness (QED) is 0.290. The Morgan fingerprint density at radius 1 is 0.947 bits per heavy atom. The topological polar surface area (TPSA) is 121 Å². The van der Waals surface area contributed by atoms with Gasteiger partial charge in [-0.15, -0.1) is 24.8 Å². The molecule has 4 aromatic rings. The van der Waals surface area contributed by atoms with Gasteiger partial charge in [-0.2, -0.15) is 4.31 Å². The van der Waals surface area contributed by atoms with Gasteiger partial charge in [0.05, 0.1) is 30.5 Å². The minimum atomic E-state index is -3.34. The molecule has 0 amide bonds. The Labute approximate surface area is 233 Å². The van der Waals surface area contributed by atoms with E-state index in [9.17, 15) is 13.2 Å². The maximum atomic E-state index is 12.8. The second-order valence-electron chi connectivity index (χ2n) is 8.86. The molecule has 1 aliphatic heterocycles. The Morgan fingerprint density at radius 3 is 2.37 bits per heavy atom. The molecular formula is C25H31Cl2N5O5S. The molecule has 0 bridgehead atoms. The smallest absolute Gasteiger partial charge is 0.325 e. The Hall–Kier alpha value is -2.83. The lowest BCUT2D eigenvalue weighted by atomic mass is 10.2. The van der Waals surface area contributed by atoms with Crippen molar-refractivity contribution in [3.8, 4) is 11.5 Å². The Kier molecular flexibility index (Phi) is 10.0. The standard InChI is InChI=1S/C25H29N5O5S.2ClH/c1-34-20-5-3-18(4-6-20)17-29-9-11-30(12-10-29)36(32,33)14-2-13-35-21-7-8-22-19(15-21)16-23-24(26-22)28-25(31)27-23;;/h3-8,15-16H,2,9-14,17H2,1H3,(H2,26,27,28,31);2*1H. The summed E-state index contributed by atoms with van der Waals surface area (Å²) in [5.74, 6) is 1.50. The van der Waals surface area contributed by atoms with E-state index in [0.717, 1.165) is 23.2 Å². The monoisotopic (exact) mass is 583 g/mol. The summed E-state index contributed by atoms with van der Waals surface area (Å²) >= 11 is 0. The summed E-state index contributed by atoms with van der Waals surface area (Å²) in [7, 11) is -1.69. The molecule has 0 aliphatic carbocycles. The molecule has 2 aromatic heterocycles. The van der Waals surface area contributed by atoms with Gasteiger partial charge in [0, 0.05) is 38.1 Å². The molecule has 206 valence electrons. The van der Waals surface area contributed by atoms with Gasteiger partial charge in [0.15, 0.2) is 5.65 Å². The third kappa shape index (κ3) is 6.97. The molecule has 0 atom stereocenters. The average molecular weight is 585 g/mol. The van der Waals surface area contributed by atoms with Crippen molar-refractivity contribution >= 4 is 56.9 Å². The number of nitrogens with zero attached hydrogens (tertiary/aromatic N) is 3. The number of fused-ring (bicyclic) bond motifs is 2. The van der Waals surface area contributed by atoms with Crippen LogP contribution in [0.15, 0.2) is 53.3 Å². The van der Waals surface area contributed by atoms with Gasteiger partial charge in [0.25, 0.3) is 0 Å². The Bertz CT molecular complexity index is 1520. The molecule has 0 radical (unpaired) electrons. The van der Waals surface area contributed by atoms with E-state index < -0.39 is 10.0 Å². The number of methoxy groups -OCH3 is 1. The predicted octanol–water partition coefficient (Wildman–Crippen LogP) is 3.17. The van der Waals surface area contributed by atoms with Gasteiger partial charge >= 0.3 is 5.69 Å². The van der Waals surface area contributed by atoms with E-state index in [0.29, 0.717) is 56.1 Å². The van der Waals surface area contributed by atoms with Crippen molar-refractivity contribution < 1.29 is 17.9 Å². The fourth-order valence-electron chi connectivity index (χ4n) is 4.41. The first kappa shape index (κ1) is 29.7. The van der Waals surface area contributed by atoms with E-state index in [1.54, 1.807) is 17.5 Å². The molecule has 2 aromatic carbocycles. The summed E-state index contributed by atoms with van der Waals surface area (Å²) in [6.07, 6.45) is 0.398. The first-order valence-electron chi connectivity index (χ1n) is 11.9. The lowest BCUT2D eigenvalue weighted by molar-refractivity contribution is 0.181. The molecular weight excluding hydrogens is 553 g/mol. The highest BCUT2D eigenvalue weighted by Crippen LogP contribution is 2.22. The third-order valence-electron chi connectivity index (χ3n) is 6.37. The molecule has 2 N–H and O–H groups in total. The normalized spacial score (nSPS) is 14.7. The molecule has 3 heterocycles. The summed E-state index contributed by atoms with van der Waals surface area (Å²) < 4.78 is 38.3. The number of aromatic nitrogens is 3. The number of ether oxygens (including phenoxy) is 2. The van der Waals surface area contributed by atoms with Crippen molar-refractivity contribution in [2.24, 2.45) is 0 Å². The van der Waals surface area contributed by atoms with E-state index in [4.69, 9.17) is 9.47 Å². The zero-order valence-electron chi connectivity index (χ0n) is 20.9. The van der Waals surface area contributed by atoms with Crippen LogP contribution in [0.25, 0.3) is 22.1 Å². The fourth-order valence-corrected chi connectivity index (χ4v) is 5.87. The summed E-state index contributed by atoms with van der Waals surface area (Å²) in [4.78, 5) is 23.5. The van der Waals surface area contributed by atoms with Crippen LogP contribution in [0.5, 0.6) is 11.5 Å². The number of H-pyrrole nitrogens is 2. The average Bonchev–Trinajstić information content (AvgIpc) is 3.24. The van der Waals surface area contributed by atoms with Crippen LogP contribution < -0.4 is 15.2 Å². The number of hydrogen-bond acceptors (Lipinski definition) is 7. The molecule has 0 saturated carbocycles. The van der Waals surface area contributed by atoms with Crippen molar-refractivity contribution in [2.75, 3.05) is 45.6 Å². The van der Waals surface area contributed by atoms with Gasteiger partial charge in [-0.3, -0.25) is 9.88 Å².